The fraction of sp³-hybridized carbons (Fsp3) is 0.625. The van der Waals surface area contributed by atoms with Crippen molar-refractivity contribution in [3.05, 3.63) is 35.4 Å². The third-order valence-corrected chi connectivity index (χ3v) is 4.11. The minimum absolute atomic E-state index is 0.399. The Morgan fingerprint density at radius 3 is 2.28 bits per heavy atom. The van der Waals surface area contributed by atoms with Gasteiger partial charge in [0.2, 0.25) is 0 Å². The highest BCUT2D eigenvalue weighted by atomic mass is 15.2. The molecule has 2 N–H and O–H groups in total. The minimum atomic E-state index is 0.399. The molecule has 2 unspecified atom stereocenters. The summed E-state index contributed by atoms with van der Waals surface area (Å²) in [7, 11) is 0. The van der Waals surface area contributed by atoms with Gasteiger partial charge in [-0.1, -0.05) is 45.0 Å². The Balaban J connectivity index is 2.12. The van der Waals surface area contributed by atoms with Crippen LogP contribution in [0.2, 0.25) is 0 Å². The van der Waals surface area contributed by atoms with Gasteiger partial charge in [-0.15, -0.1) is 0 Å². The number of rotatable bonds is 4. The molecule has 18 heavy (non-hydrogen) atoms. The average molecular weight is 246 g/mol. The van der Waals surface area contributed by atoms with Crippen molar-refractivity contribution in [3.63, 3.8) is 0 Å². The molecule has 0 saturated carbocycles. The lowest BCUT2D eigenvalue weighted by atomic mass is 9.98. The molecule has 1 aromatic rings. The van der Waals surface area contributed by atoms with Crippen LogP contribution in [-0.4, -0.2) is 24.5 Å². The van der Waals surface area contributed by atoms with Crippen LogP contribution >= 0.6 is 0 Å². The number of benzene rings is 1. The normalized spacial score (nSPS) is 22.6. The van der Waals surface area contributed by atoms with Crippen LogP contribution in [0.25, 0.3) is 0 Å². The number of hydrogen-bond acceptors (Lipinski definition) is 2. The molecule has 0 amide bonds. The molecule has 1 aliphatic heterocycles. The van der Waals surface area contributed by atoms with Gasteiger partial charge < -0.3 is 5.73 Å². The van der Waals surface area contributed by atoms with Crippen LogP contribution < -0.4 is 5.73 Å². The van der Waals surface area contributed by atoms with Crippen LogP contribution in [0.1, 0.15) is 50.3 Å². The molecular weight excluding hydrogens is 220 g/mol. The Kier molecular flexibility index (Phi) is 4.41. The average Bonchev–Trinajstić information content (AvgIpc) is 2.77. The van der Waals surface area contributed by atoms with Gasteiger partial charge in [0.25, 0.3) is 0 Å². The van der Waals surface area contributed by atoms with E-state index >= 15 is 0 Å². The molecule has 1 aliphatic rings. The van der Waals surface area contributed by atoms with Gasteiger partial charge in [0.15, 0.2) is 0 Å². The first-order valence-corrected chi connectivity index (χ1v) is 7.15. The van der Waals surface area contributed by atoms with E-state index in [1.165, 1.54) is 30.6 Å². The second-order valence-corrected chi connectivity index (χ2v) is 5.96. The molecule has 1 saturated heterocycles. The number of likely N-dealkylation sites (tertiary alicyclic amines) is 1. The maximum atomic E-state index is 5.99. The Morgan fingerprint density at radius 2 is 1.83 bits per heavy atom. The Labute approximate surface area is 111 Å². The van der Waals surface area contributed by atoms with E-state index in [-0.39, 0.29) is 0 Å². The first kappa shape index (κ1) is 13.6. The van der Waals surface area contributed by atoms with Gasteiger partial charge >= 0.3 is 0 Å². The molecule has 0 bridgehead atoms. The van der Waals surface area contributed by atoms with Gasteiger partial charge in [0, 0.05) is 19.1 Å². The zero-order valence-corrected chi connectivity index (χ0v) is 11.9. The smallest absolute Gasteiger partial charge is 0.0470 e. The zero-order valence-electron chi connectivity index (χ0n) is 11.9. The third kappa shape index (κ3) is 2.93. The van der Waals surface area contributed by atoms with Crippen molar-refractivity contribution in [1.29, 1.82) is 0 Å². The number of hydrogen-bond donors (Lipinski definition) is 1. The Hall–Kier alpha value is -0.860. The molecule has 1 fully saturated rings. The van der Waals surface area contributed by atoms with E-state index in [0.717, 1.165) is 5.92 Å². The van der Waals surface area contributed by atoms with Crippen molar-refractivity contribution in [2.45, 2.75) is 39.2 Å². The molecule has 2 nitrogen and oxygen atoms in total. The Bertz CT molecular complexity index is 369. The van der Waals surface area contributed by atoms with Crippen molar-refractivity contribution in [3.8, 4) is 0 Å². The summed E-state index contributed by atoms with van der Waals surface area (Å²) >= 11 is 0. The molecule has 2 heteroatoms. The van der Waals surface area contributed by atoms with E-state index in [1.807, 2.05) is 0 Å². The summed E-state index contributed by atoms with van der Waals surface area (Å²) in [6, 6.07) is 9.42. The summed E-state index contributed by atoms with van der Waals surface area (Å²) in [4.78, 5) is 2.54. The fourth-order valence-electron chi connectivity index (χ4n) is 2.85. The maximum Gasteiger partial charge on any atom is 0.0470 e. The zero-order chi connectivity index (χ0) is 13.1. The Morgan fingerprint density at radius 1 is 1.22 bits per heavy atom. The molecule has 1 aromatic carbocycles. The van der Waals surface area contributed by atoms with Gasteiger partial charge in [0.1, 0.15) is 0 Å². The van der Waals surface area contributed by atoms with E-state index in [1.54, 1.807) is 0 Å². The van der Waals surface area contributed by atoms with Crippen LogP contribution in [-0.2, 0) is 0 Å². The fourth-order valence-corrected chi connectivity index (χ4v) is 2.85. The molecule has 2 rings (SSSR count). The summed E-state index contributed by atoms with van der Waals surface area (Å²) in [5.74, 6) is 1.41. The van der Waals surface area contributed by atoms with Gasteiger partial charge in [-0.05, 0) is 35.9 Å². The molecular formula is C16H26N2. The highest BCUT2D eigenvalue weighted by Crippen LogP contribution is 2.27. The first-order chi connectivity index (χ1) is 8.61. The van der Waals surface area contributed by atoms with Crippen molar-refractivity contribution in [2.75, 3.05) is 19.6 Å². The summed E-state index contributed by atoms with van der Waals surface area (Å²) in [5, 5.41) is 0. The standard InChI is InChI=1S/C16H26N2/c1-12(2)14-4-6-15(7-5-14)16(10-17)18-9-8-13(3)11-18/h4-7,12-13,16H,8-11,17H2,1-3H3. The van der Waals surface area contributed by atoms with Crippen molar-refractivity contribution >= 4 is 0 Å². The van der Waals surface area contributed by atoms with Crippen molar-refractivity contribution in [2.24, 2.45) is 11.7 Å². The van der Waals surface area contributed by atoms with Crippen LogP contribution in [0, 0.1) is 5.92 Å². The first-order valence-electron chi connectivity index (χ1n) is 7.15. The van der Waals surface area contributed by atoms with Crippen LogP contribution in [0.3, 0.4) is 0 Å². The van der Waals surface area contributed by atoms with Crippen LogP contribution in [0.4, 0.5) is 0 Å². The largest absolute Gasteiger partial charge is 0.329 e. The van der Waals surface area contributed by atoms with Gasteiger partial charge in [-0.2, -0.15) is 0 Å². The molecule has 1 heterocycles. The molecule has 2 atom stereocenters. The number of nitrogens with two attached hydrogens (primary N) is 1. The lowest BCUT2D eigenvalue weighted by Gasteiger charge is -2.27. The monoisotopic (exact) mass is 246 g/mol. The van der Waals surface area contributed by atoms with Gasteiger partial charge in [-0.25, -0.2) is 0 Å². The van der Waals surface area contributed by atoms with Crippen LogP contribution in [0.15, 0.2) is 24.3 Å². The van der Waals surface area contributed by atoms with E-state index in [2.05, 4.69) is 49.9 Å². The highest BCUT2D eigenvalue weighted by Gasteiger charge is 2.25. The van der Waals surface area contributed by atoms with Crippen molar-refractivity contribution in [1.82, 2.24) is 4.90 Å². The minimum Gasteiger partial charge on any atom is -0.329 e. The highest BCUT2D eigenvalue weighted by molar-refractivity contribution is 5.27. The quantitative estimate of drug-likeness (QED) is 0.884. The summed E-state index contributed by atoms with van der Waals surface area (Å²) in [6.45, 7) is 9.89. The van der Waals surface area contributed by atoms with E-state index < -0.39 is 0 Å². The predicted octanol–water partition coefficient (Wildman–Crippen LogP) is 3.15. The number of nitrogens with zero attached hydrogens (tertiary/aromatic N) is 1. The summed E-state index contributed by atoms with van der Waals surface area (Å²) in [5.41, 5.74) is 8.76. The predicted molar refractivity (Wildman–Crippen MR) is 77.7 cm³/mol. The topological polar surface area (TPSA) is 29.3 Å². The molecule has 0 aromatic heterocycles. The molecule has 0 aliphatic carbocycles. The lowest BCUT2D eigenvalue weighted by molar-refractivity contribution is 0.243. The van der Waals surface area contributed by atoms with E-state index in [4.69, 9.17) is 5.73 Å². The van der Waals surface area contributed by atoms with E-state index in [0.29, 0.717) is 18.5 Å². The second-order valence-electron chi connectivity index (χ2n) is 5.96. The van der Waals surface area contributed by atoms with Gasteiger partial charge in [0.05, 0.1) is 0 Å². The van der Waals surface area contributed by atoms with Crippen molar-refractivity contribution < 1.29 is 0 Å². The second kappa shape index (κ2) is 5.85. The summed E-state index contributed by atoms with van der Waals surface area (Å²) in [6.07, 6.45) is 1.31. The molecule has 100 valence electrons. The molecule has 0 spiro atoms. The lowest BCUT2D eigenvalue weighted by Crippen LogP contribution is -2.31. The molecule has 0 radical (unpaired) electrons. The third-order valence-electron chi connectivity index (χ3n) is 4.11. The van der Waals surface area contributed by atoms with E-state index in [9.17, 15) is 0 Å². The SMILES string of the molecule is CC1CCN(C(CN)c2ccc(C(C)C)cc2)C1. The maximum absolute atomic E-state index is 5.99. The summed E-state index contributed by atoms with van der Waals surface area (Å²) < 4.78 is 0. The van der Waals surface area contributed by atoms with Crippen LogP contribution in [0.5, 0.6) is 0 Å². The van der Waals surface area contributed by atoms with Gasteiger partial charge in [-0.3, -0.25) is 4.90 Å².